The Hall–Kier alpha value is -2.67. The van der Waals surface area contributed by atoms with Crippen LogP contribution in [-0.2, 0) is 11.2 Å². The molecule has 0 saturated carbocycles. The van der Waals surface area contributed by atoms with Crippen molar-refractivity contribution in [3.05, 3.63) is 57.2 Å². The highest BCUT2D eigenvalue weighted by Gasteiger charge is 2.17. The summed E-state index contributed by atoms with van der Waals surface area (Å²) >= 11 is 3.22. The van der Waals surface area contributed by atoms with Gasteiger partial charge in [-0.2, -0.15) is 0 Å². The van der Waals surface area contributed by atoms with E-state index in [0.29, 0.717) is 15.7 Å². The molecule has 128 valence electrons. The van der Waals surface area contributed by atoms with Crippen LogP contribution >= 0.6 is 15.9 Å². The predicted molar refractivity (Wildman–Crippen MR) is 96.9 cm³/mol. The van der Waals surface area contributed by atoms with Crippen LogP contribution < -0.4 is 5.32 Å². The van der Waals surface area contributed by atoms with Crippen LogP contribution in [0.5, 0.6) is 0 Å². The normalized spacial score (nSPS) is 10.8. The predicted octanol–water partition coefficient (Wildman–Crippen LogP) is 4.09. The van der Waals surface area contributed by atoms with Gasteiger partial charge < -0.3 is 14.9 Å². The number of fused-ring (bicyclic) bond motifs is 1. The Kier molecular flexibility index (Phi) is 4.59. The number of nitrogens with one attached hydrogen (secondary N) is 1. The molecule has 1 amide bonds. The van der Waals surface area contributed by atoms with Crippen molar-refractivity contribution < 1.29 is 19.2 Å². The molecule has 0 unspecified atom stereocenters. The number of aryl methyl sites for hydroxylation is 2. The number of aromatic carboxylic acids is 1. The third kappa shape index (κ3) is 3.56. The van der Waals surface area contributed by atoms with E-state index in [0.717, 1.165) is 16.5 Å². The van der Waals surface area contributed by atoms with E-state index in [9.17, 15) is 14.7 Å². The zero-order valence-electron chi connectivity index (χ0n) is 13.6. The van der Waals surface area contributed by atoms with Crippen molar-refractivity contribution in [3.8, 4) is 0 Å². The highest BCUT2D eigenvalue weighted by atomic mass is 79.9. The van der Waals surface area contributed by atoms with Gasteiger partial charge in [-0.15, -0.1) is 0 Å². The number of benzene rings is 2. The maximum absolute atomic E-state index is 12.4. The average Bonchev–Trinajstić information content (AvgIpc) is 2.91. The monoisotopic (exact) mass is 402 g/mol. The number of carboxylic acid groups (broad SMARTS) is 1. The van der Waals surface area contributed by atoms with Crippen LogP contribution in [0.3, 0.4) is 0 Å². The minimum Gasteiger partial charge on any atom is -0.478 e. The van der Waals surface area contributed by atoms with E-state index in [1.807, 2.05) is 26.0 Å². The number of hydrogen-bond donors (Lipinski definition) is 2. The number of rotatable bonds is 4. The van der Waals surface area contributed by atoms with E-state index in [2.05, 4.69) is 26.4 Å². The third-order valence-electron chi connectivity index (χ3n) is 3.80. The van der Waals surface area contributed by atoms with E-state index in [4.69, 9.17) is 4.52 Å². The number of carbonyl (C=O) groups is 2. The summed E-state index contributed by atoms with van der Waals surface area (Å²) in [6.45, 7) is 3.90. The fraction of sp³-hybridized carbons (Fsp3) is 0.167. The van der Waals surface area contributed by atoms with E-state index in [1.165, 1.54) is 6.07 Å². The second-order valence-corrected chi connectivity index (χ2v) is 6.72. The number of carbonyl (C=O) groups excluding carboxylic acids is 1. The van der Waals surface area contributed by atoms with Gasteiger partial charge in [-0.25, -0.2) is 4.79 Å². The Labute approximate surface area is 151 Å². The first-order valence-electron chi connectivity index (χ1n) is 7.53. The Morgan fingerprint density at radius 2 is 2.00 bits per heavy atom. The van der Waals surface area contributed by atoms with Gasteiger partial charge in [0, 0.05) is 9.86 Å². The Bertz CT molecular complexity index is 994. The molecule has 3 aromatic rings. The third-order valence-corrected chi connectivity index (χ3v) is 4.29. The van der Waals surface area contributed by atoms with Crippen LogP contribution in [0.15, 0.2) is 39.3 Å². The molecule has 0 fully saturated rings. The lowest BCUT2D eigenvalue weighted by Crippen LogP contribution is -2.17. The smallest absolute Gasteiger partial charge is 0.337 e. The van der Waals surface area contributed by atoms with Crippen LogP contribution in [0.4, 0.5) is 5.69 Å². The lowest BCUT2D eigenvalue weighted by atomic mass is 10.0. The molecule has 0 radical (unpaired) electrons. The van der Waals surface area contributed by atoms with Crippen molar-refractivity contribution in [2.24, 2.45) is 0 Å². The molecule has 0 bridgehead atoms. The van der Waals surface area contributed by atoms with Gasteiger partial charge in [0.1, 0.15) is 5.69 Å². The van der Waals surface area contributed by atoms with Gasteiger partial charge in [0.25, 0.3) is 0 Å². The van der Waals surface area contributed by atoms with Gasteiger partial charge in [0.15, 0.2) is 5.58 Å². The number of nitrogens with zero attached hydrogens (tertiary/aromatic N) is 1. The van der Waals surface area contributed by atoms with Crippen molar-refractivity contribution in [2.45, 2.75) is 20.3 Å². The lowest BCUT2D eigenvalue weighted by Gasteiger charge is -2.08. The topological polar surface area (TPSA) is 92.4 Å². The molecule has 0 atom stereocenters. The largest absolute Gasteiger partial charge is 0.478 e. The number of halogens is 1. The maximum atomic E-state index is 12.4. The molecule has 6 nitrogen and oxygen atoms in total. The summed E-state index contributed by atoms with van der Waals surface area (Å²) in [5, 5.41) is 16.7. The summed E-state index contributed by atoms with van der Waals surface area (Å²) in [7, 11) is 0. The van der Waals surface area contributed by atoms with Gasteiger partial charge in [-0.05, 0) is 49.2 Å². The molecule has 2 aromatic carbocycles. The van der Waals surface area contributed by atoms with E-state index < -0.39 is 5.97 Å². The molecule has 0 spiro atoms. The number of hydrogen-bond acceptors (Lipinski definition) is 4. The highest BCUT2D eigenvalue weighted by molar-refractivity contribution is 9.10. The van der Waals surface area contributed by atoms with Crippen LogP contribution in [0.2, 0.25) is 0 Å². The summed E-state index contributed by atoms with van der Waals surface area (Å²) in [4.78, 5) is 23.7. The first-order chi connectivity index (χ1) is 11.8. The minimum atomic E-state index is -1.12. The van der Waals surface area contributed by atoms with Gasteiger partial charge in [0.2, 0.25) is 5.91 Å². The van der Waals surface area contributed by atoms with Gasteiger partial charge in [-0.3, -0.25) is 4.79 Å². The summed E-state index contributed by atoms with van der Waals surface area (Å²) < 4.78 is 5.93. The summed E-state index contributed by atoms with van der Waals surface area (Å²) in [6.07, 6.45) is -0.00791. The van der Waals surface area contributed by atoms with Crippen molar-refractivity contribution in [2.75, 3.05) is 5.32 Å². The molecule has 0 saturated heterocycles. The molecule has 1 heterocycles. The first-order valence-corrected chi connectivity index (χ1v) is 8.32. The number of amides is 1. The number of anilines is 1. The van der Waals surface area contributed by atoms with Crippen molar-refractivity contribution in [1.82, 2.24) is 5.16 Å². The number of carboxylic acids is 1. The second-order valence-electron chi connectivity index (χ2n) is 5.80. The molecular weight excluding hydrogens is 388 g/mol. The Morgan fingerprint density at radius 3 is 2.72 bits per heavy atom. The summed E-state index contributed by atoms with van der Waals surface area (Å²) in [5.74, 6) is -1.48. The molecule has 0 aliphatic heterocycles. The zero-order valence-corrected chi connectivity index (χ0v) is 15.2. The van der Waals surface area contributed by atoms with E-state index in [-0.39, 0.29) is 23.6 Å². The van der Waals surface area contributed by atoms with Crippen LogP contribution in [0.25, 0.3) is 11.0 Å². The highest BCUT2D eigenvalue weighted by Crippen LogP contribution is 2.25. The van der Waals surface area contributed by atoms with Crippen molar-refractivity contribution >= 4 is 44.5 Å². The molecule has 3 rings (SSSR count). The quantitative estimate of drug-likeness (QED) is 0.685. The second kappa shape index (κ2) is 6.68. The molecule has 25 heavy (non-hydrogen) atoms. The fourth-order valence-corrected chi connectivity index (χ4v) is 3.15. The molecule has 7 heteroatoms. The van der Waals surface area contributed by atoms with Gasteiger partial charge >= 0.3 is 5.97 Å². The van der Waals surface area contributed by atoms with E-state index >= 15 is 0 Å². The SMILES string of the molecule is Cc1cc(C)c2c(CC(=O)Nc3ccc(Br)cc3C(=O)O)noc2c1. The lowest BCUT2D eigenvalue weighted by molar-refractivity contribution is -0.115. The van der Waals surface area contributed by atoms with Crippen molar-refractivity contribution in [1.29, 1.82) is 0 Å². The molecule has 2 N–H and O–H groups in total. The standard InChI is InChI=1S/C18H15BrN2O4/c1-9-5-10(2)17-14(21-25-15(17)6-9)8-16(22)20-13-4-3-11(19)7-12(13)18(23)24/h3-7H,8H2,1-2H3,(H,20,22)(H,23,24). The minimum absolute atomic E-state index is 0.00791. The summed E-state index contributed by atoms with van der Waals surface area (Å²) in [6, 6.07) is 8.52. The average molecular weight is 403 g/mol. The zero-order chi connectivity index (χ0) is 18.1. The van der Waals surface area contributed by atoms with Gasteiger partial charge in [0.05, 0.1) is 17.7 Å². The van der Waals surface area contributed by atoms with E-state index in [1.54, 1.807) is 12.1 Å². The molecule has 0 aliphatic carbocycles. The summed E-state index contributed by atoms with van der Waals surface area (Å²) in [5.41, 5.74) is 3.45. The Morgan fingerprint density at radius 1 is 1.24 bits per heavy atom. The first kappa shape index (κ1) is 17.2. The maximum Gasteiger partial charge on any atom is 0.337 e. The molecule has 1 aromatic heterocycles. The number of aromatic nitrogens is 1. The fourth-order valence-electron chi connectivity index (χ4n) is 2.79. The Balaban J connectivity index is 1.86. The van der Waals surface area contributed by atoms with Crippen LogP contribution in [0.1, 0.15) is 27.2 Å². The molecule has 0 aliphatic rings. The van der Waals surface area contributed by atoms with Crippen molar-refractivity contribution in [3.63, 3.8) is 0 Å². The van der Waals surface area contributed by atoms with Crippen LogP contribution in [-0.4, -0.2) is 22.1 Å². The molecular formula is C18H15BrN2O4. The van der Waals surface area contributed by atoms with Gasteiger partial charge in [-0.1, -0.05) is 27.2 Å². The van der Waals surface area contributed by atoms with Crippen LogP contribution in [0, 0.1) is 13.8 Å².